The van der Waals surface area contributed by atoms with Gasteiger partial charge in [-0.05, 0) is 18.8 Å². The zero-order valence-corrected chi connectivity index (χ0v) is 18.8. The summed E-state index contributed by atoms with van der Waals surface area (Å²) in [4.78, 5) is 81.6. The zero-order valence-electron chi connectivity index (χ0n) is 18.8. The topological polar surface area (TPSA) is 268 Å². The van der Waals surface area contributed by atoms with Crippen LogP contribution in [0.4, 0.5) is 0 Å². The van der Waals surface area contributed by atoms with Crippen molar-refractivity contribution in [3.05, 3.63) is 0 Å². The third kappa shape index (κ3) is 12.3. The molecule has 0 aromatic carbocycles. The first-order chi connectivity index (χ1) is 15.6. The Morgan fingerprint density at radius 3 is 1.68 bits per heavy atom. The Morgan fingerprint density at radius 1 is 0.735 bits per heavy atom. The molecule has 0 aliphatic rings. The number of nitrogens with two attached hydrogens (primary N) is 2. The van der Waals surface area contributed by atoms with E-state index in [1.54, 1.807) is 13.8 Å². The third-order valence-corrected chi connectivity index (χ3v) is 4.38. The fraction of sp³-hybridized carbons (Fsp3) is 0.632. The fourth-order valence-electron chi connectivity index (χ4n) is 2.72. The lowest BCUT2D eigenvalue weighted by atomic mass is 10.0. The fourth-order valence-corrected chi connectivity index (χ4v) is 2.72. The molecule has 0 saturated heterocycles. The summed E-state index contributed by atoms with van der Waals surface area (Å²) in [5.74, 6) is -8.43. The minimum absolute atomic E-state index is 0.0596. The summed E-state index contributed by atoms with van der Waals surface area (Å²) in [6, 6.07) is -5.99. The number of nitrogens with one attached hydrogen (secondary N) is 3. The van der Waals surface area contributed by atoms with Gasteiger partial charge in [-0.25, -0.2) is 4.79 Å². The lowest BCUT2D eigenvalue weighted by Crippen LogP contribution is -2.58. The Bertz CT molecular complexity index is 800. The number of hydrogen-bond acceptors (Lipinski definition) is 8. The van der Waals surface area contributed by atoms with Crippen LogP contribution < -0.4 is 27.4 Å². The molecule has 4 amide bonds. The minimum Gasteiger partial charge on any atom is -0.481 e. The molecule has 192 valence electrons. The van der Waals surface area contributed by atoms with E-state index in [4.69, 9.17) is 26.8 Å². The second kappa shape index (κ2) is 14.4. The number of rotatable bonds is 16. The number of carbonyl (C=O) groups is 7. The molecule has 0 aliphatic carbocycles. The van der Waals surface area contributed by atoms with Crippen LogP contribution in [0.5, 0.6) is 0 Å². The van der Waals surface area contributed by atoms with Gasteiger partial charge in [-0.1, -0.05) is 13.8 Å². The normalized spacial score (nSPS) is 14.2. The largest absolute Gasteiger partial charge is 0.481 e. The van der Waals surface area contributed by atoms with Crippen LogP contribution in [0.15, 0.2) is 0 Å². The Labute approximate surface area is 194 Å². The molecule has 0 heterocycles. The van der Waals surface area contributed by atoms with Gasteiger partial charge in [0.2, 0.25) is 23.6 Å². The van der Waals surface area contributed by atoms with Gasteiger partial charge < -0.3 is 42.7 Å². The van der Waals surface area contributed by atoms with E-state index in [9.17, 15) is 33.6 Å². The van der Waals surface area contributed by atoms with Crippen LogP contribution in [-0.2, 0) is 33.6 Å². The number of primary amides is 1. The van der Waals surface area contributed by atoms with Crippen molar-refractivity contribution in [2.75, 3.05) is 0 Å². The van der Waals surface area contributed by atoms with Gasteiger partial charge in [-0.3, -0.25) is 28.8 Å². The van der Waals surface area contributed by atoms with E-state index in [-0.39, 0.29) is 25.2 Å². The molecule has 34 heavy (non-hydrogen) atoms. The molecule has 15 nitrogen and oxygen atoms in total. The molecule has 0 spiro atoms. The molecule has 0 aromatic heterocycles. The van der Waals surface area contributed by atoms with Crippen LogP contribution in [0.3, 0.4) is 0 Å². The first-order valence-corrected chi connectivity index (χ1v) is 10.2. The molecule has 0 bridgehead atoms. The SMILES string of the molecule is CC(C)CC(NC(=O)C(N)CCC(=O)O)C(=O)NC(CC(=O)O)C(=O)NC(CC(N)=O)C(=O)O. The standard InChI is InChI=1S/C19H31N5O10/c1-8(2)5-10(22-16(30)9(20)3-4-14(26)27)17(31)23-11(7-15(28)29)18(32)24-12(19(33)34)6-13(21)25/h8-12H,3-7,20H2,1-2H3,(H2,21,25)(H,22,30)(H,23,31)(H,24,32)(H,26,27)(H,28,29)(H,33,34). The Kier molecular flexibility index (Phi) is 12.8. The lowest BCUT2D eigenvalue weighted by molar-refractivity contribution is -0.145. The lowest BCUT2D eigenvalue weighted by Gasteiger charge is -2.25. The van der Waals surface area contributed by atoms with E-state index >= 15 is 0 Å². The second-order valence-corrected chi connectivity index (χ2v) is 7.96. The zero-order chi connectivity index (χ0) is 26.6. The molecule has 10 N–H and O–H groups in total. The Morgan fingerprint density at radius 2 is 1.24 bits per heavy atom. The van der Waals surface area contributed by atoms with E-state index < -0.39 is 78.5 Å². The maximum Gasteiger partial charge on any atom is 0.326 e. The van der Waals surface area contributed by atoms with Gasteiger partial charge in [-0.15, -0.1) is 0 Å². The smallest absolute Gasteiger partial charge is 0.326 e. The molecule has 0 aliphatic heterocycles. The first kappa shape index (κ1) is 30.2. The summed E-state index contributed by atoms with van der Waals surface area (Å²) in [7, 11) is 0. The number of carboxylic acid groups (broad SMARTS) is 3. The predicted molar refractivity (Wildman–Crippen MR) is 114 cm³/mol. The van der Waals surface area contributed by atoms with Crippen molar-refractivity contribution in [1.82, 2.24) is 16.0 Å². The summed E-state index contributed by atoms with van der Waals surface area (Å²) in [5, 5.41) is 33.3. The van der Waals surface area contributed by atoms with Crippen LogP contribution >= 0.6 is 0 Å². The van der Waals surface area contributed by atoms with Crippen LogP contribution in [0.25, 0.3) is 0 Å². The van der Waals surface area contributed by atoms with Gasteiger partial charge in [0, 0.05) is 6.42 Å². The molecule has 15 heteroatoms. The Balaban J connectivity index is 5.52. The van der Waals surface area contributed by atoms with Crippen molar-refractivity contribution in [3.63, 3.8) is 0 Å². The highest BCUT2D eigenvalue weighted by Crippen LogP contribution is 2.08. The predicted octanol–water partition coefficient (Wildman–Crippen LogP) is -2.89. The summed E-state index contributed by atoms with van der Waals surface area (Å²) in [5.41, 5.74) is 10.6. The molecule has 0 radical (unpaired) electrons. The van der Waals surface area contributed by atoms with Gasteiger partial charge in [0.15, 0.2) is 0 Å². The van der Waals surface area contributed by atoms with Gasteiger partial charge in [0.1, 0.15) is 18.1 Å². The van der Waals surface area contributed by atoms with Crippen LogP contribution in [0.2, 0.25) is 0 Å². The maximum absolute atomic E-state index is 12.8. The molecular weight excluding hydrogens is 458 g/mol. The van der Waals surface area contributed by atoms with Gasteiger partial charge >= 0.3 is 17.9 Å². The molecule has 0 saturated carbocycles. The average Bonchev–Trinajstić information content (AvgIpc) is 2.68. The van der Waals surface area contributed by atoms with E-state index in [1.165, 1.54) is 0 Å². The first-order valence-electron chi connectivity index (χ1n) is 10.2. The highest BCUT2D eigenvalue weighted by atomic mass is 16.4. The molecule has 4 unspecified atom stereocenters. The highest BCUT2D eigenvalue weighted by Gasteiger charge is 2.32. The molecule has 0 aromatic rings. The molecular formula is C19H31N5O10. The highest BCUT2D eigenvalue weighted by molar-refractivity contribution is 5.96. The summed E-state index contributed by atoms with van der Waals surface area (Å²) >= 11 is 0. The molecule has 4 atom stereocenters. The van der Waals surface area contributed by atoms with Gasteiger partial charge in [-0.2, -0.15) is 0 Å². The number of aliphatic carboxylic acids is 3. The van der Waals surface area contributed by atoms with Gasteiger partial charge in [0.05, 0.1) is 18.9 Å². The average molecular weight is 489 g/mol. The minimum atomic E-state index is -1.75. The number of amides is 4. The molecule has 0 rings (SSSR count). The van der Waals surface area contributed by atoms with E-state index in [2.05, 4.69) is 10.6 Å². The summed E-state index contributed by atoms with van der Waals surface area (Å²) in [6.45, 7) is 3.44. The van der Waals surface area contributed by atoms with E-state index in [0.29, 0.717) is 0 Å². The van der Waals surface area contributed by atoms with Crippen LogP contribution in [0, 0.1) is 5.92 Å². The maximum atomic E-state index is 12.8. The second-order valence-electron chi connectivity index (χ2n) is 7.96. The van der Waals surface area contributed by atoms with Crippen LogP contribution in [-0.4, -0.2) is 81.0 Å². The third-order valence-electron chi connectivity index (χ3n) is 4.38. The van der Waals surface area contributed by atoms with Crippen molar-refractivity contribution >= 4 is 41.5 Å². The van der Waals surface area contributed by atoms with Crippen molar-refractivity contribution in [2.45, 2.75) is 70.1 Å². The van der Waals surface area contributed by atoms with E-state index in [1.807, 2.05) is 5.32 Å². The van der Waals surface area contributed by atoms with Crippen LogP contribution in [0.1, 0.15) is 46.0 Å². The van der Waals surface area contributed by atoms with Crippen molar-refractivity contribution in [1.29, 1.82) is 0 Å². The quantitative estimate of drug-likeness (QED) is 0.109. The number of carbonyl (C=O) groups excluding carboxylic acids is 4. The van der Waals surface area contributed by atoms with E-state index in [0.717, 1.165) is 0 Å². The monoisotopic (exact) mass is 489 g/mol. The number of hydrogen-bond donors (Lipinski definition) is 8. The van der Waals surface area contributed by atoms with Crippen molar-refractivity contribution < 1.29 is 48.9 Å². The van der Waals surface area contributed by atoms with Gasteiger partial charge in [0.25, 0.3) is 0 Å². The van der Waals surface area contributed by atoms with Crippen molar-refractivity contribution in [3.8, 4) is 0 Å². The van der Waals surface area contributed by atoms with Crippen molar-refractivity contribution in [2.24, 2.45) is 17.4 Å². The number of carboxylic acids is 3. The molecule has 0 fully saturated rings. The summed E-state index contributed by atoms with van der Waals surface area (Å²) in [6.07, 6.45) is -2.22. The summed E-state index contributed by atoms with van der Waals surface area (Å²) < 4.78 is 0. The Hall–Kier alpha value is -3.75.